The van der Waals surface area contributed by atoms with Gasteiger partial charge in [0.05, 0.1) is 12.2 Å². The molecule has 0 aromatic carbocycles. The van der Waals surface area contributed by atoms with Crippen molar-refractivity contribution in [3.63, 3.8) is 0 Å². The van der Waals surface area contributed by atoms with E-state index in [2.05, 4.69) is 27.7 Å². The second kappa shape index (κ2) is 5.06. The van der Waals surface area contributed by atoms with E-state index in [-0.39, 0.29) is 0 Å². The summed E-state index contributed by atoms with van der Waals surface area (Å²) in [5, 5.41) is 0. The van der Waals surface area contributed by atoms with E-state index in [9.17, 15) is 0 Å². The van der Waals surface area contributed by atoms with Crippen molar-refractivity contribution in [3.8, 4) is 0 Å². The molecule has 0 amide bonds. The minimum atomic E-state index is 0.541. The largest absolute Gasteiger partial charge is 0.374 e. The van der Waals surface area contributed by atoms with Crippen molar-refractivity contribution >= 4 is 0 Å². The van der Waals surface area contributed by atoms with E-state index >= 15 is 0 Å². The van der Waals surface area contributed by atoms with Gasteiger partial charge in [-0.15, -0.1) is 0 Å². The third-order valence-electron chi connectivity index (χ3n) is 6.83. The summed E-state index contributed by atoms with van der Waals surface area (Å²) >= 11 is 0. The Hall–Kier alpha value is -0.0400. The maximum absolute atomic E-state index is 6.52. The zero-order valence-corrected chi connectivity index (χ0v) is 13.3. The lowest BCUT2D eigenvalue weighted by Gasteiger charge is -2.53. The molecule has 1 saturated heterocycles. The Bertz CT molecular complexity index is 312. The lowest BCUT2D eigenvalue weighted by Crippen LogP contribution is -2.49. The topological polar surface area (TPSA) is 9.23 Å². The van der Waals surface area contributed by atoms with Gasteiger partial charge in [-0.2, -0.15) is 0 Å². The molecular weight excluding hydrogens is 232 g/mol. The van der Waals surface area contributed by atoms with Gasteiger partial charge < -0.3 is 4.74 Å². The van der Waals surface area contributed by atoms with Crippen molar-refractivity contribution in [2.75, 3.05) is 0 Å². The molecule has 2 aliphatic carbocycles. The molecule has 4 atom stereocenters. The van der Waals surface area contributed by atoms with Gasteiger partial charge in [-0.25, -0.2) is 0 Å². The van der Waals surface area contributed by atoms with E-state index in [1.807, 2.05) is 0 Å². The molecule has 3 fully saturated rings. The average Bonchev–Trinajstić information content (AvgIpc) is 2.76. The van der Waals surface area contributed by atoms with Crippen molar-refractivity contribution < 1.29 is 4.74 Å². The molecule has 19 heavy (non-hydrogen) atoms. The molecule has 0 N–H and O–H groups in total. The highest BCUT2D eigenvalue weighted by molar-refractivity contribution is 5.06. The van der Waals surface area contributed by atoms with E-state index in [0.717, 1.165) is 23.7 Å². The van der Waals surface area contributed by atoms with Gasteiger partial charge in [-0.3, -0.25) is 0 Å². The summed E-state index contributed by atoms with van der Waals surface area (Å²) in [6.07, 6.45) is 11.0. The molecule has 1 heteroatoms. The van der Waals surface area contributed by atoms with Gasteiger partial charge in [0.2, 0.25) is 0 Å². The highest BCUT2D eigenvalue weighted by Crippen LogP contribution is 2.60. The quantitative estimate of drug-likeness (QED) is 0.678. The fraction of sp³-hybridized carbons (Fsp3) is 1.00. The SMILES string of the molecule is CC(C)C1(C(C)C)CCCC2OC3CCCCC3C21. The molecule has 3 rings (SSSR count). The standard InChI is InChI=1S/C18H32O/c1-12(2)18(13(3)4)11-7-10-16-17(18)14-8-5-6-9-15(14)19-16/h12-17H,5-11H2,1-4H3. The van der Waals surface area contributed by atoms with Crippen LogP contribution in [0.5, 0.6) is 0 Å². The average molecular weight is 264 g/mol. The first kappa shape index (κ1) is 13.9. The molecule has 1 heterocycles. The summed E-state index contributed by atoms with van der Waals surface area (Å²) in [5.74, 6) is 3.32. The third-order valence-corrected chi connectivity index (χ3v) is 6.83. The molecule has 0 bridgehead atoms. The van der Waals surface area contributed by atoms with Crippen molar-refractivity contribution in [2.24, 2.45) is 29.1 Å². The first-order valence-corrected chi connectivity index (χ1v) is 8.73. The molecule has 0 radical (unpaired) electrons. The normalized spacial score (nSPS) is 41.4. The monoisotopic (exact) mass is 264 g/mol. The number of hydrogen-bond donors (Lipinski definition) is 0. The first-order valence-electron chi connectivity index (χ1n) is 8.73. The van der Waals surface area contributed by atoms with E-state index in [0.29, 0.717) is 17.6 Å². The Balaban J connectivity index is 1.96. The van der Waals surface area contributed by atoms with Crippen LogP contribution in [-0.4, -0.2) is 12.2 Å². The highest BCUT2D eigenvalue weighted by atomic mass is 16.5. The molecule has 0 aromatic heterocycles. The van der Waals surface area contributed by atoms with Crippen LogP contribution in [0.15, 0.2) is 0 Å². The summed E-state index contributed by atoms with van der Waals surface area (Å²) < 4.78 is 6.52. The lowest BCUT2D eigenvalue weighted by molar-refractivity contribution is -0.0704. The number of ether oxygens (including phenoxy) is 1. The minimum Gasteiger partial charge on any atom is -0.374 e. The fourth-order valence-corrected chi connectivity index (χ4v) is 6.07. The predicted octanol–water partition coefficient (Wildman–Crippen LogP) is 5.04. The van der Waals surface area contributed by atoms with Gasteiger partial charge in [-0.05, 0) is 54.8 Å². The zero-order chi connectivity index (χ0) is 13.6. The molecule has 4 unspecified atom stereocenters. The van der Waals surface area contributed by atoms with Crippen LogP contribution in [0.25, 0.3) is 0 Å². The van der Waals surface area contributed by atoms with Crippen LogP contribution in [0.1, 0.15) is 72.6 Å². The summed E-state index contributed by atoms with van der Waals surface area (Å²) in [5.41, 5.74) is 0.541. The van der Waals surface area contributed by atoms with Crippen molar-refractivity contribution in [1.82, 2.24) is 0 Å². The van der Waals surface area contributed by atoms with Gasteiger partial charge in [0.1, 0.15) is 0 Å². The molecular formula is C18H32O. The van der Waals surface area contributed by atoms with Crippen molar-refractivity contribution in [3.05, 3.63) is 0 Å². The van der Waals surface area contributed by atoms with E-state index < -0.39 is 0 Å². The molecule has 1 nitrogen and oxygen atoms in total. The first-order chi connectivity index (χ1) is 9.07. The number of hydrogen-bond acceptors (Lipinski definition) is 1. The van der Waals surface area contributed by atoms with E-state index in [4.69, 9.17) is 4.74 Å². The van der Waals surface area contributed by atoms with Crippen LogP contribution in [-0.2, 0) is 4.74 Å². The Morgan fingerprint density at radius 3 is 2.16 bits per heavy atom. The summed E-state index contributed by atoms with van der Waals surface area (Å²) in [6, 6.07) is 0. The van der Waals surface area contributed by atoms with E-state index in [1.54, 1.807) is 0 Å². The van der Waals surface area contributed by atoms with Gasteiger partial charge in [0.15, 0.2) is 0 Å². The highest BCUT2D eigenvalue weighted by Gasteiger charge is 2.58. The van der Waals surface area contributed by atoms with Gasteiger partial charge in [-0.1, -0.05) is 47.0 Å². The molecule has 110 valence electrons. The van der Waals surface area contributed by atoms with Crippen LogP contribution in [0.2, 0.25) is 0 Å². The smallest absolute Gasteiger partial charge is 0.0616 e. The van der Waals surface area contributed by atoms with Gasteiger partial charge >= 0.3 is 0 Å². The number of rotatable bonds is 2. The molecule has 1 aliphatic heterocycles. The van der Waals surface area contributed by atoms with Crippen LogP contribution >= 0.6 is 0 Å². The van der Waals surface area contributed by atoms with Gasteiger partial charge in [0, 0.05) is 0 Å². The second-order valence-electron chi connectivity index (χ2n) is 8.00. The summed E-state index contributed by atoms with van der Waals surface area (Å²) in [4.78, 5) is 0. The Kier molecular flexibility index (Phi) is 3.71. The molecule has 3 aliphatic rings. The van der Waals surface area contributed by atoms with Crippen LogP contribution in [0.3, 0.4) is 0 Å². The Morgan fingerprint density at radius 2 is 1.47 bits per heavy atom. The third kappa shape index (κ3) is 1.99. The van der Waals surface area contributed by atoms with Crippen molar-refractivity contribution in [2.45, 2.75) is 84.8 Å². The molecule has 0 spiro atoms. The van der Waals surface area contributed by atoms with Crippen LogP contribution < -0.4 is 0 Å². The maximum atomic E-state index is 6.52. The summed E-state index contributed by atoms with van der Waals surface area (Å²) in [7, 11) is 0. The minimum absolute atomic E-state index is 0.541. The maximum Gasteiger partial charge on any atom is 0.0616 e. The lowest BCUT2D eigenvalue weighted by atomic mass is 9.51. The molecule has 2 saturated carbocycles. The Labute approximate surface area is 119 Å². The van der Waals surface area contributed by atoms with E-state index in [1.165, 1.54) is 44.9 Å². The van der Waals surface area contributed by atoms with Crippen molar-refractivity contribution in [1.29, 1.82) is 0 Å². The van der Waals surface area contributed by atoms with Gasteiger partial charge in [0.25, 0.3) is 0 Å². The summed E-state index contributed by atoms with van der Waals surface area (Å²) in [6.45, 7) is 9.88. The Morgan fingerprint density at radius 1 is 0.842 bits per heavy atom. The van der Waals surface area contributed by atoms with Crippen LogP contribution in [0.4, 0.5) is 0 Å². The molecule has 0 aromatic rings. The van der Waals surface area contributed by atoms with Crippen LogP contribution in [0, 0.1) is 29.1 Å². The zero-order valence-electron chi connectivity index (χ0n) is 13.3. The fourth-order valence-electron chi connectivity index (χ4n) is 6.07. The number of fused-ring (bicyclic) bond motifs is 3. The predicted molar refractivity (Wildman–Crippen MR) is 80.1 cm³/mol. The second-order valence-corrected chi connectivity index (χ2v) is 8.00.